The van der Waals surface area contributed by atoms with Crippen molar-refractivity contribution in [2.75, 3.05) is 22.1 Å². The molecular formula is C19H18N4O4S2. The third-order valence-electron chi connectivity index (χ3n) is 4.46. The lowest BCUT2D eigenvalue weighted by atomic mass is 10.2. The molecule has 10 heteroatoms. The van der Waals surface area contributed by atoms with Gasteiger partial charge in [-0.1, -0.05) is 29.5 Å². The molecule has 1 saturated heterocycles. The largest absolute Gasteiger partial charge is 0.334 e. The zero-order valence-corrected chi connectivity index (χ0v) is 16.8. The Morgan fingerprint density at radius 3 is 2.66 bits per heavy atom. The molecule has 1 atom stereocenters. The van der Waals surface area contributed by atoms with Gasteiger partial charge in [-0.25, -0.2) is 18.2 Å². The topological polar surface area (TPSA) is 117 Å². The van der Waals surface area contributed by atoms with Crippen LogP contribution in [-0.4, -0.2) is 42.9 Å². The van der Waals surface area contributed by atoms with Gasteiger partial charge < -0.3 is 10.6 Å². The number of hydrogen-bond donors (Lipinski definition) is 3. The smallest absolute Gasteiger partial charge is 0.319 e. The number of benzene rings is 2. The Labute approximate surface area is 171 Å². The van der Waals surface area contributed by atoms with E-state index in [2.05, 4.69) is 20.9 Å². The van der Waals surface area contributed by atoms with E-state index in [0.29, 0.717) is 22.8 Å². The monoisotopic (exact) mass is 430 g/mol. The molecule has 3 N–H and O–H groups in total. The van der Waals surface area contributed by atoms with Crippen LogP contribution in [0.5, 0.6) is 0 Å². The van der Waals surface area contributed by atoms with Gasteiger partial charge in [0.15, 0.2) is 15.0 Å². The SMILES string of the molecule is O=C(Nc1cccc(C(=O)Nc2nc3ccccc3s2)c1)NC1CCS(=O)(=O)C1. The molecule has 3 aromatic rings. The maximum absolute atomic E-state index is 12.5. The Morgan fingerprint density at radius 2 is 1.90 bits per heavy atom. The van der Waals surface area contributed by atoms with Crippen LogP contribution < -0.4 is 16.0 Å². The van der Waals surface area contributed by atoms with Crippen molar-refractivity contribution in [3.8, 4) is 0 Å². The number of rotatable bonds is 4. The van der Waals surface area contributed by atoms with Gasteiger partial charge in [-0.15, -0.1) is 0 Å². The molecule has 2 aromatic carbocycles. The Morgan fingerprint density at radius 1 is 1.07 bits per heavy atom. The minimum absolute atomic E-state index is 0.0506. The number of nitrogens with zero attached hydrogens (tertiary/aromatic N) is 1. The van der Waals surface area contributed by atoms with Crippen molar-refractivity contribution in [1.29, 1.82) is 0 Å². The highest BCUT2D eigenvalue weighted by atomic mass is 32.2. The second-order valence-electron chi connectivity index (χ2n) is 6.72. The Balaban J connectivity index is 1.40. The number of amides is 3. The molecule has 4 rings (SSSR count). The molecule has 1 fully saturated rings. The van der Waals surface area contributed by atoms with E-state index in [0.717, 1.165) is 10.2 Å². The fraction of sp³-hybridized carbons (Fsp3) is 0.211. The third kappa shape index (κ3) is 4.72. The highest BCUT2D eigenvalue weighted by Crippen LogP contribution is 2.26. The molecule has 150 valence electrons. The summed E-state index contributed by atoms with van der Waals surface area (Å²) in [7, 11) is -3.07. The van der Waals surface area contributed by atoms with Crippen LogP contribution in [0.15, 0.2) is 48.5 Å². The molecule has 2 heterocycles. The molecule has 0 spiro atoms. The van der Waals surface area contributed by atoms with Gasteiger partial charge >= 0.3 is 6.03 Å². The van der Waals surface area contributed by atoms with E-state index in [1.165, 1.54) is 11.3 Å². The zero-order valence-electron chi connectivity index (χ0n) is 15.2. The summed E-state index contributed by atoms with van der Waals surface area (Å²) in [6.07, 6.45) is 0.403. The lowest BCUT2D eigenvalue weighted by Gasteiger charge is -2.12. The third-order valence-corrected chi connectivity index (χ3v) is 7.18. The van der Waals surface area contributed by atoms with Crippen LogP contribution in [0.2, 0.25) is 0 Å². The molecular weight excluding hydrogens is 412 g/mol. The van der Waals surface area contributed by atoms with Crippen LogP contribution in [0.1, 0.15) is 16.8 Å². The summed E-state index contributed by atoms with van der Waals surface area (Å²) in [5.41, 5.74) is 1.61. The quantitative estimate of drug-likeness (QED) is 0.588. The minimum Gasteiger partial charge on any atom is -0.334 e. The van der Waals surface area contributed by atoms with Crippen LogP contribution >= 0.6 is 11.3 Å². The number of urea groups is 1. The van der Waals surface area contributed by atoms with E-state index in [-0.39, 0.29) is 17.4 Å². The van der Waals surface area contributed by atoms with E-state index in [1.807, 2.05) is 24.3 Å². The van der Waals surface area contributed by atoms with Gasteiger partial charge in [-0.05, 0) is 36.8 Å². The summed E-state index contributed by atoms with van der Waals surface area (Å²) >= 11 is 1.38. The standard InChI is InChI=1S/C19H18N4O4S2/c24-17(23-19-22-15-6-1-2-7-16(15)28-19)12-4-3-5-13(10-12)20-18(25)21-14-8-9-29(26,27)11-14/h1-7,10,14H,8-9,11H2,(H2,20,21,25)(H,22,23,24). The first-order valence-corrected chi connectivity index (χ1v) is 11.6. The zero-order chi connectivity index (χ0) is 20.4. The number of nitrogens with one attached hydrogen (secondary N) is 3. The molecule has 0 radical (unpaired) electrons. The molecule has 8 nitrogen and oxygen atoms in total. The number of aromatic nitrogens is 1. The summed E-state index contributed by atoms with van der Waals surface area (Å²) in [4.78, 5) is 29.0. The first kappa shape index (κ1) is 19.3. The van der Waals surface area contributed by atoms with Crippen molar-refractivity contribution in [2.45, 2.75) is 12.5 Å². The van der Waals surface area contributed by atoms with E-state index in [1.54, 1.807) is 24.3 Å². The Kier molecular flexibility index (Phi) is 5.20. The van der Waals surface area contributed by atoms with Crippen molar-refractivity contribution in [2.24, 2.45) is 0 Å². The molecule has 1 unspecified atom stereocenters. The maximum atomic E-state index is 12.5. The van der Waals surface area contributed by atoms with Crippen molar-refractivity contribution in [3.63, 3.8) is 0 Å². The van der Waals surface area contributed by atoms with Gasteiger partial charge in [0.05, 0.1) is 21.7 Å². The number of fused-ring (bicyclic) bond motifs is 1. The number of thiazole rings is 1. The van der Waals surface area contributed by atoms with Gasteiger partial charge in [-0.3, -0.25) is 10.1 Å². The summed E-state index contributed by atoms with van der Waals surface area (Å²) in [6.45, 7) is 0. The molecule has 1 aromatic heterocycles. The van der Waals surface area contributed by atoms with Crippen molar-refractivity contribution < 1.29 is 18.0 Å². The lowest BCUT2D eigenvalue weighted by molar-refractivity contribution is 0.102. The average Bonchev–Trinajstić information content (AvgIpc) is 3.23. The van der Waals surface area contributed by atoms with Crippen molar-refractivity contribution in [3.05, 3.63) is 54.1 Å². The van der Waals surface area contributed by atoms with E-state index < -0.39 is 21.9 Å². The number of anilines is 2. The second-order valence-corrected chi connectivity index (χ2v) is 9.98. The second kappa shape index (κ2) is 7.80. The first-order chi connectivity index (χ1) is 13.9. The first-order valence-electron chi connectivity index (χ1n) is 8.93. The number of sulfone groups is 1. The molecule has 3 amide bonds. The molecule has 0 bridgehead atoms. The molecule has 0 saturated carbocycles. The van der Waals surface area contributed by atoms with Gasteiger partial charge in [0, 0.05) is 17.3 Å². The average molecular weight is 431 g/mol. The van der Waals surface area contributed by atoms with Crippen LogP contribution in [0.3, 0.4) is 0 Å². The van der Waals surface area contributed by atoms with Crippen LogP contribution in [-0.2, 0) is 9.84 Å². The van der Waals surface area contributed by atoms with E-state index >= 15 is 0 Å². The van der Waals surface area contributed by atoms with Gasteiger partial charge in [0.1, 0.15) is 0 Å². The predicted octanol–water partition coefficient (Wildman–Crippen LogP) is 2.86. The summed E-state index contributed by atoms with van der Waals surface area (Å²) in [5.74, 6) is -0.306. The number of hydrogen-bond acceptors (Lipinski definition) is 6. The summed E-state index contributed by atoms with van der Waals surface area (Å²) in [5, 5.41) is 8.55. The molecule has 1 aliphatic heterocycles. The van der Waals surface area contributed by atoms with Crippen LogP contribution in [0.25, 0.3) is 10.2 Å². The Hall–Kier alpha value is -2.98. The summed E-state index contributed by atoms with van der Waals surface area (Å²) < 4.78 is 24.0. The van der Waals surface area contributed by atoms with Crippen LogP contribution in [0.4, 0.5) is 15.6 Å². The minimum atomic E-state index is -3.07. The molecule has 0 aliphatic carbocycles. The Bertz CT molecular complexity index is 1160. The predicted molar refractivity (Wildman–Crippen MR) is 113 cm³/mol. The van der Waals surface area contributed by atoms with E-state index in [9.17, 15) is 18.0 Å². The normalized spacial score (nSPS) is 17.7. The van der Waals surface area contributed by atoms with Crippen LogP contribution in [0, 0.1) is 0 Å². The highest BCUT2D eigenvalue weighted by molar-refractivity contribution is 7.91. The highest BCUT2D eigenvalue weighted by Gasteiger charge is 2.28. The number of para-hydroxylation sites is 1. The fourth-order valence-corrected chi connectivity index (χ4v) is 5.63. The van der Waals surface area contributed by atoms with Gasteiger partial charge in [0.25, 0.3) is 5.91 Å². The molecule has 29 heavy (non-hydrogen) atoms. The summed E-state index contributed by atoms with van der Waals surface area (Å²) in [6, 6.07) is 13.2. The van der Waals surface area contributed by atoms with Crippen molar-refractivity contribution in [1.82, 2.24) is 10.3 Å². The van der Waals surface area contributed by atoms with E-state index in [4.69, 9.17) is 0 Å². The lowest BCUT2D eigenvalue weighted by Crippen LogP contribution is -2.38. The van der Waals surface area contributed by atoms with Gasteiger partial charge in [0.2, 0.25) is 0 Å². The maximum Gasteiger partial charge on any atom is 0.319 e. The van der Waals surface area contributed by atoms with Gasteiger partial charge in [-0.2, -0.15) is 0 Å². The number of carbonyl (C=O) groups is 2. The number of carbonyl (C=O) groups excluding carboxylic acids is 2. The fourth-order valence-electron chi connectivity index (χ4n) is 3.09. The molecule has 1 aliphatic rings. The van der Waals surface area contributed by atoms with Crippen molar-refractivity contribution >= 4 is 54.1 Å².